The van der Waals surface area contributed by atoms with Crippen LogP contribution in [0.25, 0.3) is 0 Å². The summed E-state index contributed by atoms with van der Waals surface area (Å²) in [6, 6.07) is 9.28. The van der Waals surface area contributed by atoms with Crippen molar-refractivity contribution in [2.75, 3.05) is 24.7 Å². The van der Waals surface area contributed by atoms with Crippen molar-refractivity contribution in [1.82, 2.24) is 19.3 Å². The molecular formula is C26H27F2N5O5S. The normalized spacial score (nSPS) is 17.8. The van der Waals surface area contributed by atoms with Crippen LogP contribution in [-0.2, 0) is 39.3 Å². The number of aryl methyl sites for hydroxylation is 1. The highest BCUT2D eigenvalue weighted by Gasteiger charge is 2.39. The zero-order chi connectivity index (χ0) is 27.6. The van der Waals surface area contributed by atoms with Gasteiger partial charge in [0.25, 0.3) is 11.7 Å². The van der Waals surface area contributed by atoms with Crippen molar-refractivity contribution in [1.29, 1.82) is 0 Å². The number of aromatic nitrogens is 3. The molecule has 3 aromatic rings. The molecule has 0 N–H and O–H groups in total. The Morgan fingerprint density at radius 2 is 1.90 bits per heavy atom. The van der Waals surface area contributed by atoms with Gasteiger partial charge in [-0.05, 0) is 55.2 Å². The minimum atomic E-state index is -3.97. The first-order valence-corrected chi connectivity index (χ1v) is 14.0. The minimum absolute atomic E-state index is 0.0195. The van der Waals surface area contributed by atoms with Crippen LogP contribution in [0.3, 0.4) is 0 Å². The van der Waals surface area contributed by atoms with E-state index in [1.54, 1.807) is 6.20 Å². The predicted octanol–water partition coefficient (Wildman–Crippen LogP) is 2.88. The molecule has 0 spiro atoms. The molecule has 206 valence electrons. The molecule has 10 nitrogen and oxygen atoms in total. The van der Waals surface area contributed by atoms with Gasteiger partial charge in [-0.1, -0.05) is 17.3 Å². The van der Waals surface area contributed by atoms with Crippen molar-refractivity contribution in [2.24, 2.45) is 0 Å². The quantitative estimate of drug-likeness (QED) is 0.332. The van der Waals surface area contributed by atoms with Gasteiger partial charge in [0.1, 0.15) is 11.5 Å². The van der Waals surface area contributed by atoms with E-state index in [4.69, 9.17) is 4.74 Å². The van der Waals surface area contributed by atoms with E-state index in [-0.39, 0.29) is 30.2 Å². The minimum Gasteiger partial charge on any atom is -0.373 e. The molecule has 2 aromatic carbocycles. The molecule has 1 amide bonds. The first-order valence-electron chi connectivity index (χ1n) is 12.6. The number of Topliss-reactive ketones (excluding diaryl/α,β-unsaturated/α-hetero) is 1. The number of anilines is 1. The molecule has 1 aromatic heterocycles. The second kappa shape index (κ2) is 11.3. The van der Waals surface area contributed by atoms with Crippen molar-refractivity contribution in [2.45, 2.75) is 49.9 Å². The van der Waals surface area contributed by atoms with Crippen LogP contribution in [0.15, 0.2) is 53.6 Å². The molecule has 39 heavy (non-hydrogen) atoms. The third-order valence-electron chi connectivity index (χ3n) is 6.79. The predicted molar refractivity (Wildman–Crippen MR) is 136 cm³/mol. The number of ketones is 1. The van der Waals surface area contributed by atoms with E-state index in [0.29, 0.717) is 49.3 Å². The van der Waals surface area contributed by atoms with Gasteiger partial charge in [-0.15, -0.1) is 5.10 Å². The summed E-state index contributed by atoms with van der Waals surface area (Å²) in [5.41, 5.74) is 1.53. The highest BCUT2D eigenvalue weighted by atomic mass is 32.2. The Morgan fingerprint density at radius 3 is 2.67 bits per heavy atom. The molecule has 3 heterocycles. The van der Waals surface area contributed by atoms with Gasteiger partial charge in [0.15, 0.2) is 0 Å². The van der Waals surface area contributed by atoms with E-state index >= 15 is 0 Å². The number of carbonyl (C=O) groups excluding carboxylic acids is 2. The van der Waals surface area contributed by atoms with E-state index in [1.807, 2.05) is 0 Å². The maximum absolute atomic E-state index is 13.5. The molecule has 2 aliphatic heterocycles. The van der Waals surface area contributed by atoms with Crippen molar-refractivity contribution in [3.05, 3.63) is 71.3 Å². The van der Waals surface area contributed by atoms with Gasteiger partial charge < -0.3 is 9.64 Å². The number of carbonyl (C=O) groups is 2. The van der Waals surface area contributed by atoms with Gasteiger partial charge in [-0.3, -0.25) is 18.7 Å². The molecule has 0 bridgehead atoms. The lowest BCUT2D eigenvalue weighted by Crippen LogP contribution is -2.38. The van der Waals surface area contributed by atoms with E-state index < -0.39 is 40.2 Å². The Balaban J connectivity index is 1.27. The van der Waals surface area contributed by atoms with Crippen LogP contribution in [0, 0.1) is 5.82 Å². The van der Waals surface area contributed by atoms with Crippen molar-refractivity contribution in [3.8, 4) is 0 Å². The number of hydrogen-bond donors (Lipinski definition) is 0. The molecule has 5 rings (SSSR count). The Morgan fingerprint density at radius 1 is 1.10 bits per heavy atom. The van der Waals surface area contributed by atoms with Crippen LogP contribution in [0.1, 0.15) is 40.9 Å². The smallest absolute Gasteiger partial charge is 0.299 e. The Kier molecular flexibility index (Phi) is 7.82. The maximum atomic E-state index is 13.5. The standard InChI is InChI=1S/C26H27F2N5O5S/c27-10-2-11-31-15-20(29-30-31)16-38-17-21-3-1-12-33(21)39(36,37)22-8-9-24-23(13-22)25(34)26(35)32(24)14-18-4-6-19(28)7-5-18/h4-9,13,15,21H,1-3,10-12,14,16-17H2/t21-/m0/s1. The SMILES string of the molecule is O=C1C(=O)N(Cc2ccc(F)cc2)c2ccc(S(=O)(=O)N3CCC[C@H]3COCc3cn(CCCF)nn3)cc21. The average Bonchev–Trinajstić information content (AvgIpc) is 3.65. The number of nitrogens with zero attached hydrogens (tertiary/aromatic N) is 5. The van der Waals surface area contributed by atoms with Crippen molar-refractivity contribution in [3.63, 3.8) is 0 Å². The van der Waals surface area contributed by atoms with Gasteiger partial charge in [-0.2, -0.15) is 4.31 Å². The average molecular weight is 560 g/mol. The van der Waals surface area contributed by atoms with Gasteiger partial charge in [0, 0.05) is 19.1 Å². The number of alkyl halides is 1. The lowest BCUT2D eigenvalue weighted by molar-refractivity contribution is -0.114. The number of benzene rings is 2. The largest absolute Gasteiger partial charge is 0.373 e. The first kappa shape index (κ1) is 27.0. The molecular weight excluding hydrogens is 532 g/mol. The number of fused-ring (bicyclic) bond motifs is 1. The van der Waals surface area contributed by atoms with Gasteiger partial charge in [0.2, 0.25) is 10.0 Å². The molecule has 1 saturated heterocycles. The molecule has 1 fully saturated rings. The monoisotopic (exact) mass is 559 g/mol. The fourth-order valence-electron chi connectivity index (χ4n) is 4.83. The van der Waals surface area contributed by atoms with E-state index in [0.717, 1.165) is 0 Å². The number of rotatable bonds is 11. The number of halogens is 2. The maximum Gasteiger partial charge on any atom is 0.299 e. The number of sulfonamides is 1. The van der Waals surface area contributed by atoms with E-state index in [1.165, 1.54) is 56.4 Å². The molecule has 0 aliphatic carbocycles. The Hall–Kier alpha value is -3.55. The number of hydrogen-bond acceptors (Lipinski definition) is 7. The molecule has 0 saturated carbocycles. The summed E-state index contributed by atoms with van der Waals surface area (Å²) in [5, 5.41) is 7.90. The fraction of sp³-hybridized carbons (Fsp3) is 0.385. The number of ether oxygens (including phenoxy) is 1. The zero-order valence-corrected chi connectivity index (χ0v) is 21.8. The van der Waals surface area contributed by atoms with E-state index in [9.17, 15) is 26.8 Å². The highest BCUT2D eigenvalue weighted by Crippen LogP contribution is 2.34. The zero-order valence-electron chi connectivity index (χ0n) is 21.0. The highest BCUT2D eigenvalue weighted by molar-refractivity contribution is 7.89. The summed E-state index contributed by atoms with van der Waals surface area (Å²) in [7, 11) is -3.97. The fourth-order valence-corrected chi connectivity index (χ4v) is 6.54. The van der Waals surface area contributed by atoms with Gasteiger partial charge in [0.05, 0.1) is 48.8 Å². The molecule has 13 heteroatoms. The van der Waals surface area contributed by atoms with Gasteiger partial charge in [-0.25, -0.2) is 12.8 Å². The summed E-state index contributed by atoms with van der Waals surface area (Å²) >= 11 is 0. The molecule has 2 aliphatic rings. The second-order valence-corrected chi connectivity index (χ2v) is 11.4. The lowest BCUT2D eigenvalue weighted by atomic mass is 10.1. The lowest BCUT2D eigenvalue weighted by Gasteiger charge is -2.24. The summed E-state index contributed by atoms with van der Waals surface area (Å²) in [6.45, 7) is 0.608. The second-order valence-electron chi connectivity index (χ2n) is 9.47. The van der Waals surface area contributed by atoms with Crippen LogP contribution in [0.4, 0.5) is 14.5 Å². The topological polar surface area (TPSA) is 115 Å². The Bertz CT molecular complexity index is 1480. The summed E-state index contributed by atoms with van der Waals surface area (Å²) in [4.78, 5) is 26.6. The third-order valence-corrected chi connectivity index (χ3v) is 8.74. The third kappa shape index (κ3) is 5.60. The van der Waals surface area contributed by atoms with Crippen molar-refractivity contribution < 1.29 is 31.5 Å². The van der Waals surface area contributed by atoms with Crippen LogP contribution in [0.5, 0.6) is 0 Å². The van der Waals surface area contributed by atoms with Crippen LogP contribution < -0.4 is 4.90 Å². The van der Waals surface area contributed by atoms with Crippen LogP contribution in [-0.4, -0.2) is 65.3 Å². The Labute approximate surface area is 224 Å². The van der Waals surface area contributed by atoms with Crippen molar-refractivity contribution >= 4 is 27.4 Å². The van der Waals surface area contributed by atoms with Crippen LogP contribution >= 0.6 is 0 Å². The molecule has 1 atom stereocenters. The summed E-state index contributed by atoms with van der Waals surface area (Å²) < 4.78 is 61.3. The summed E-state index contributed by atoms with van der Waals surface area (Å²) in [5.74, 6) is -1.97. The molecule has 0 radical (unpaired) electrons. The number of amides is 1. The van der Waals surface area contributed by atoms with Crippen LogP contribution in [0.2, 0.25) is 0 Å². The molecule has 0 unspecified atom stereocenters. The summed E-state index contributed by atoms with van der Waals surface area (Å²) in [6.07, 6.45) is 3.27. The first-order chi connectivity index (χ1) is 18.8. The van der Waals surface area contributed by atoms with E-state index in [2.05, 4.69) is 10.3 Å². The van der Waals surface area contributed by atoms with Gasteiger partial charge >= 0.3 is 0 Å².